The molecule has 0 spiro atoms. The highest BCUT2D eigenvalue weighted by Crippen LogP contribution is 2.25. The van der Waals surface area contributed by atoms with Crippen LogP contribution in [0.15, 0.2) is 10.6 Å². The standard InChI is InChI=1S/C13H20N2O4S/c1-13(2,3)10-7-12(19-15-10)14-11(16)6-9-4-5-20(17,18)8-9/h7,9H,4-6,8H2,1-3H3,(H,14,16). The molecule has 20 heavy (non-hydrogen) atoms. The molecule has 1 aliphatic heterocycles. The van der Waals surface area contributed by atoms with Gasteiger partial charge in [-0.2, -0.15) is 0 Å². The number of nitrogens with zero attached hydrogens (tertiary/aromatic N) is 1. The lowest BCUT2D eigenvalue weighted by molar-refractivity contribution is -0.117. The maximum atomic E-state index is 11.8. The number of hydrogen-bond acceptors (Lipinski definition) is 5. The van der Waals surface area contributed by atoms with Crippen molar-refractivity contribution < 1.29 is 17.7 Å². The molecule has 6 nitrogen and oxygen atoms in total. The maximum absolute atomic E-state index is 11.8. The summed E-state index contributed by atoms with van der Waals surface area (Å²) in [7, 11) is -2.94. The van der Waals surface area contributed by atoms with E-state index in [-0.39, 0.29) is 35.2 Å². The fraction of sp³-hybridized carbons (Fsp3) is 0.692. The number of anilines is 1. The van der Waals surface area contributed by atoms with Gasteiger partial charge in [0.15, 0.2) is 9.84 Å². The third-order valence-electron chi connectivity index (χ3n) is 3.34. The zero-order valence-electron chi connectivity index (χ0n) is 12.0. The van der Waals surface area contributed by atoms with E-state index in [9.17, 15) is 13.2 Å². The van der Waals surface area contributed by atoms with Crippen LogP contribution in [0.5, 0.6) is 0 Å². The summed E-state index contributed by atoms with van der Waals surface area (Å²) >= 11 is 0. The second kappa shape index (κ2) is 5.20. The van der Waals surface area contributed by atoms with Crippen LogP contribution in [-0.2, 0) is 20.0 Å². The highest BCUT2D eigenvalue weighted by Gasteiger charge is 2.29. The zero-order chi connectivity index (χ0) is 15.0. The van der Waals surface area contributed by atoms with Crippen LogP contribution in [0.25, 0.3) is 0 Å². The lowest BCUT2D eigenvalue weighted by Crippen LogP contribution is -2.17. The van der Waals surface area contributed by atoms with Gasteiger partial charge in [-0.05, 0) is 12.3 Å². The van der Waals surface area contributed by atoms with Gasteiger partial charge in [0.2, 0.25) is 11.8 Å². The first kappa shape index (κ1) is 15.0. The summed E-state index contributed by atoms with van der Waals surface area (Å²) in [5, 5.41) is 6.54. The van der Waals surface area contributed by atoms with Crippen LogP contribution in [0.1, 0.15) is 39.3 Å². The largest absolute Gasteiger partial charge is 0.338 e. The molecule has 2 rings (SSSR count). The zero-order valence-corrected chi connectivity index (χ0v) is 12.8. The van der Waals surface area contributed by atoms with Crippen molar-refractivity contribution in [3.05, 3.63) is 11.8 Å². The molecule has 0 radical (unpaired) electrons. The van der Waals surface area contributed by atoms with Crippen LogP contribution >= 0.6 is 0 Å². The van der Waals surface area contributed by atoms with Crippen molar-refractivity contribution >= 4 is 21.6 Å². The minimum atomic E-state index is -2.94. The van der Waals surface area contributed by atoms with Gasteiger partial charge in [-0.15, -0.1) is 0 Å². The summed E-state index contributed by atoms with van der Waals surface area (Å²) in [5.74, 6) is 0.264. The summed E-state index contributed by atoms with van der Waals surface area (Å²) in [6.45, 7) is 6.00. The first-order chi connectivity index (χ1) is 9.16. The lowest BCUT2D eigenvalue weighted by atomic mass is 9.92. The van der Waals surface area contributed by atoms with E-state index in [0.717, 1.165) is 5.69 Å². The average Bonchev–Trinajstić information content (AvgIpc) is 2.84. The van der Waals surface area contributed by atoms with Gasteiger partial charge in [0.05, 0.1) is 17.2 Å². The molecule has 1 N–H and O–H groups in total. The third kappa shape index (κ3) is 3.82. The molecule has 0 aliphatic carbocycles. The molecule has 0 bridgehead atoms. The molecule has 112 valence electrons. The van der Waals surface area contributed by atoms with Crippen LogP contribution in [0.4, 0.5) is 5.88 Å². The topological polar surface area (TPSA) is 89.3 Å². The fourth-order valence-electron chi connectivity index (χ4n) is 2.17. The molecule has 1 unspecified atom stereocenters. The summed E-state index contributed by atoms with van der Waals surface area (Å²) < 4.78 is 27.7. The molecule has 1 aliphatic rings. The Morgan fingerprint density at radius 3 is 2.70 bits per heavy atom. The second-order valence-electron chi connectivity index (χ2n) is 6.35. The van der Waals surface area contributed by atoms with Gasteiger partial charge in [-0.25, -0.2) is 8.42 Å². The monoisotopic (exact) mass is 300 g/mol. The minimum absolute atomic E-state index is 0.0926. The van der Waals surface area contributed by atoms with Crippen molar-refractivity contribution in [3.63, 3.8) is 0 Å². The Hall–Kier alpha value is -1.37. The number of rotatable bonds is 3. The van der Waals surface area contributed by atoms with E-state index >= 15 is 0 Å². The number of nitrogens with one attached hydrogen (secondary N) is 1. The van der Waals surface area contributed by atoms with Crippen LogP contribution in [0, 0.1) is 5.92 Å². The molecule has 1 aromatic rings. The molecular weight excluding hydrogens is 280 g/mol. The van der Waals surface area contributed by atoms with Gasteiger partial charge in [0, 0.05) is 17.9 Å². The van der Waals surface area contributed by atoms with E-state index in [1.807, 2.05) is 20.8 Å². The molecule has 2 heterocycles. The number of aromatic nitrogens is 1. The third-order valence-corrected chi connectivity index (χ3v) is 5.18. The van der Waals surface area contributed by atoms with Crippen molar-refractivity contribution in [1.82, 2.24) is 5.16 Å². The van der Waals surface area contributed by atoms with Crippen molar-refractivity contribution in [2.45, 2.75) is 39.0 Å². The lowest BCUT2D eigenvalue weighted by Gasteiger charge is -2.12. The summed E-state index contributed by atoms with van der Waals surface area (Å²) in [6.07, 6.45) is 0.754. The van der Waals surface area contributed by atoms with Crippen LogP contribution in [0.3, 0.4) is 0 Å². The van der Waals surface area contributed by atoms with Gasteiger partial charge < -0.3 is 4.52 Å². The Kier molecular flexibility index (Phi) is 3.90. The predicted octanol–water partition coefficient (Wildman–Crippen LogP) is 1.74. The van der Waals surface area contributed by atoms with Gasteiger partial charge >= 0.3 is 0 Å². The minimum Gasteiger partial charge on any atom is -0.338 e. The van der Waals surface area contributed by atoms with E-state index in [0.29, 0.717) is 12.3 Å². The van der Waals surface area contributed by atoms with Crippen molar-refractivity contribution in [1.29, 1.82) is 0 Å². The predicted molar refractivity (Wildman–Crippen MR) is 75.2 cm³/mol. The number of carbonyl (C=O) groups is 1. The summed E-state index contributed by atoms with van der Waals surface area (Å²) in [5.41, 5.74) is 0.614. The van der Waals surface area contributed by atoms with Gasteiger partial charge in [0.1, 0.15) is 0 Å². The quantitative estimate of drug-likeness (QED) is 0.918. The average molecular weight is 300 g/mol. The Morgan fingerprint density at radius 1 is 1.50 bits per heavy atom. The van der Waals surface area contributed by atoms with Crippen LogP contribution in [0.2, 0.25) is 0 Å². The smallest absolute Gasteiger partial charge is 0.231 e. The van der Waals surface area contributed by atoms with Gasteiger partial charge in [-0.3, -0.25) is 10.1 Å². The van der Waals surface area contributed by atoms with E-state index in [1.54, 1.807) is 6.07 Å². The highest BCUT2D eigenvalue weighted by atomic mass is 32.2. The van der Waals surface area contributed by atoms with Crippen molar-refractivity contribution in [2.75, 3.05) is 16.8 Å². The Morgan fingerprint density at radius 2 is 2.20 bits per heavy atom. The van der Waals surface area contributed by atoms with E-state index in [4.69, 9.17) is 4.52 Å². The van der Waals surface area contributed by atoms with Crippen molar-refractivity contribution in [3.8, 4) is 0 Å². The highest BCUT2D eigenvalue weighted by molar-refractivity contribution is 7.91. The molecule has 0 aromatic carbocycles. The number of amides is 1. The maximum Gasteiger partial charge on any atom is 0.231 e. The Balaban J connectivity index is 1.91. The van der Waals surface area contributed by atoms with E-state index in [1.165, 1.54) is 0 Å². The summed E-state index contributed by atoms with van der Waals surface area (Å²) in [4.78, 5) is 11.8. The number of carbonyl (C=O) groups excluding carboxylic acids is 1. The molecule has 1 amide bonds. The normalized spacial score (nSPS) is 21.9. The van der Waals surface area contributed by atoms with Crippen LogP contribution in [-0.4, -0.2) is 31.0 Å². The molecular formula is C13H20N2O4S. The van der Waals surface area contributed by atoms with E-state index < -0.39 is 9.84 Å². The van der Waals surface area contributed by atoms with Gasteiger partial charge in [-0.1, -0.05) is 25.9 Å². The van der Waals surface area contributed by atoms with Crippen LogP contribution < -0.4 is 5.32 Å². The second-order valence-corrected chi connectivity index (χ2v) is 8.58. The molecule has 1 atom stereocenters. The first-order valence-corrected chi connectivity index (χ1v) is 8.45. The fourth-order valence-corrected chi connectivity index (χ4v) is 4.03. The van der Waals surface area contributed by atoms with E-state index in [2.05, 4.69) is 10.5 Å². The molecule has 7 heteroatoms. The van der Waals surface area contributed by atoms with Crippen molar-refractivity contribution in [2.24, 2.45) is 5.92 Å². The Bertz CT molecular complexity index is 598. The molecule has 1 saturated heterocycles. The Labute approximate surface area is 118 Å². The summed E-state index contributed by atoms with van der Waals surface area (Å²) in [6, 6.07) is 1.70. The first-order valence-electron chi connectivity index (χ1n) is 6.63. The molecule has 1 aromatic heterocycles. The molecule has 0 saturated carbocycles. The number of sulfone groups is 1. The SMILES string of the molecule is CC(C)(C)c1cc(NC(=O)CC2CCS(=O)(=O)C2)on1. The number of hydrogen-bond donors (Lipinski definition) is 1. The van der Waals surface area contributed by atoms with Gasteiger partial charge in [0.25, 0.3) is 0 Å². The molecule has 1 fully saturated rings.